The summed E-state index contributed by atoms with van der Waals surface area (Å²) in [4.78, 5) is 12.0. The van der Waals surface area contributed by atoms with Gasteiger partial charge in [0.2, 0.25) is 0 Å². The lowest BCUT2D eigenvalue weighted by Crippen LogP contribution is -2.48. The van der Waals surface area contributed by atoms with Gasteiger partial charge in [0.15, 0.2) is 0 Å². The fourth-order valence-corrected chi connectivity index (χ4v) is 4.72. The normalized spacial score (nSPS) is 24.8. The number of aliphatic hydroxyl groups is 1. The van der Waals surface area contributed by atoms with Crippen LogP contribution in [0, 0.1) is 11.8 Å². The molecule has 1 aromatic heterocycles. The SMILES string of the molecule is CCN1CCN(C[C@@H]2CN(c3ccnc4cc(Cl)ccc34)C[C@@H]2CO)CC1. The van der Waals surface area contributed by atoms with Crippen molar-refractivity contribution in [2.45, 2.75) is 6.92 Å². The van der Waals surface area contributed by atoms with Gasteiger partial charge in [-0.25, -0.2) is 0 Å². The van der Waals surface area contributed by atoms with Crippen LogP contribution in [0.15, 0.2) is 30.5 Å². The van der Waals surface area contributed by atoms with Gasteiger partial charge in [0.05, 0.1) is 5.52 Å². The second-order valence-electron chi connectivity index (χ2n) is 7.83. The molecule has 2 atom stereocenters. The van der Waals surface area contributed by atoms with Gasteiger partial charge in [-0.15, -0.1) is 0 Å². The number of fused-ring (bicyclic) bond motifs is 1. The first-order valence-electron chi connectivity index (χ1n) is 10.0. The van der Waals surface area contributed by atoms with Gasteiger partial charge in [-0.1, -0.05) is 18.5 Å². The van der Waals surface area contributed by atoms with Crippen molar-refractivity contribution in [1.82, 2.24) is 14.8 Å². The fraction of sp³-hybridized carbons (Fsp3) is 0.571. The van der Waals surface area contributed by atoms with Crippen LogP contribution in [0.2, 0.25) is 5.02 Å². The van der Waals surface area contributed by atoms with E-state index in [9.17, 15) is 5.11 Å². The standard InChI is InChI=1S/C21H29ClN4O/c1-2-24-7-9-25(10-8-24)12-16-13-26(14-17(16)15-27)21-5-6-23-20-11-18(22)3-4-19(20)21/h3-6,11,16-17,27H,2,7-10,12-15H2,1H3/t16-,17-/m1/s1. The number of rotatable bonds is 5. The number of nitrogens with zero attached hydrogens (tertiary/aromatic N) is 4. The van der Waals surface area contributed by atoms with E-state index >= 15 is 0 Å². The molecule has 0 saturated carbocycles. The summed E-state index contributed by atoms with van der Waals surface area (Å²) in [6.45, 7) is 11.2. The first-order chi connectivity index (χ1) is 13.2. The highest BCUT2D eigenvalue weighted by Gasteiger charge is 2.34. The molecule has 6 heteroatoms. The van der Waals surface area contributed by atoms with E-state index in [0.717, 1.165) is 63.3 Å². The lowest BCUT2D eigenvalue weighted by Gasteiger charge is -2.36. The second kappa shape index (κ2) is 8.31. The molecule has 1 aromatic carbocycles. The first kappa shape index (κ1) is 18.9. The van der Waals surface area contributed by atoms with Crippen LogP contribution in [0.25, 0.3) is 10.9 Å². The highest BCUT2D eigenvalue weighted by atomic mass is 35.5. The maximum atomic E-state index is 9.98. The van der Waals surface area contributed by atoms with E-state index in [1.165, 1.54) is 5.69 Å². The smallest absolute Gasteiger partial charge is 0.0737 e. The Morgan fingerprint density at radius 3 is 2.56 bits per heavy atom. The van der Waals surface area contributed by atoms with Crippen molar-refractivity contribution in [3.63, 3.8) is 0 Å². The molecule has 3 heterocycles. The lowest BCUT2D eigenvalue weighted by atomic mass is 9.96. The van der Waals surface area contributed by atoms with Crippen LogP contribution >= 0.6 is 11.6 Å². The van der Waals surface area contributed by atoms with Gasteiger partial charge in [0.25, 0.3) is 0 Å². The fourth-order valence-electron chi connectivity index (χ4n) is 4.55. The van der Waals surface area contributed by atoms with Crippen molar-refractivity contribution in [1.29, 1.82) is 0 Å². The molecule has 2 saturated heterocycles. The summed E-state index contributed by atoms with van der Waals surface area (Å²) < 4.78 is 0. The Morgan fingerprint density at radius 2 is 1.81 bits per heavy atom. The molecule has 2 aromatic rings. The van der Waals surface area contributed by atoms with Crippen molar-refractivity contribution in [3.05, 3.63) is 35.5 Å². The third-order valence-corrected chi connectivity index (χ3v) is 6.47. The van der Waals surface area contributed by atoms with Gasteiger partial charge < -0.3 is 19.8 Å². The molecule has 2 aliphatic rings. The van der Waals surface area contributed by atoms with E-state index in [1.54, 1.807) is 0 Å². The van der Waals surface area contributed by atoms with Crippen LogP contribution in [0.3, 0.4) is 0 Å². The lowest BCUT2D eigenvalue weighted by molar-refractivity contribution is 0.106. The Bertz CT molecular complexity index is 778. The maximum absolute atomic E-state index is 9.98. The predicted octanol–water partition coefficient (Wildman–Crippen LogP) is 2.57. The maximum Gasteiger partial charge on any atom is 0.0737 e. The Labute approximate surface area is 166 Å². The van der Waals surface area contributed by atoms with Crippen molar-refractivity contribution in [3.8, 4) is 0 Å². The van der Waals surface area contributed by atoms with Crippen LogP contribution in [0.1, 0.15) is 6.92 Å². The summed E-state index contributed by atoms with van der Waals surface area (Å²) >= 11 is 6.13. The van der Waals surface area contributed by atoms with E-state index in [1.807, 2.05) is 18.3 Å². The van der Waals surface area contributed by atoms with Crippen LogP contribution in [-0.2, 0) is 0 Å². The van der Waals surface area contributed by atoms with E-state index in [-0.39, 0.29) is 6.61 Å². The first-order valence-corrected chi connectivity index (χ1v) is 10.4. The number of hydrogen-bond donors (Lipinski definition) is 1. The molecule has 0 unspecified atom stereocenters. The van der Waals surface area contributed by atoms with Gasteiger partial charge in [-0.05, 0) is 36.7 Å². The van der Waals surface area contributed by atoms with Gasteiger partial charge in [-0.2, -0.15) is 0 Å². The molecule has 5 nitrogen and oxygen atoms in total. The summed E-state index contributed by atoms with van der Waals surface area (Å²) in [5.41, 5.74) is 2.13. The third-order valence-electron chi connectivity index (χ3n) is 6.24. The third kappa shape index (κ3) is 4.06. The Morgan fingerprint density at radius 1 is 1.07 bits per heavy atom. The largest absolute Gasteiger partial charge is 0.396 e. The average Bonchev–Trinajstić information content (AvgIpc) is 3.10. The van der Waals surface area contributed by atoms with Crippen molar-refractivity contribution in [2.24, 2.45) is 11.8 Å². The molecule has 0 amide bonds. The summed E-state index contributed by atoms with van der Waals surface area (Å²) in [7, 11) is 0. The summed E-state index contributed by atoms with van der Waals surface area (Å²) in [5, 5.41) is 11.8. The molecule has 0 aliphatic carbocycles. The van der Waals surface area contributed by atoms with E-state index in [2.05, 4.69) is 38.7 Å². The van der Waals surface area contributed by atoms with E-state index in [4.69, 9.17) is 11.6 Å². The summed E-state index contributed by atoms with van der Waals surface area (Å²) in [6.07, 6.45) is 1.86. The molecule has 1 N–H and O–H groups in total. The highest BCUT2D eigenvalue weighted by Crippen LogP contribution is 2.33. The summed E-state index contributed by atoms with van der Waals surface area (Å²) in [5.74, 6) is 0.823. The molecule has 146 valence electrons. The topological polar surface area (TPSA) is 42.8 Å². The van der Waals surface area contributed by atoms with Gasteiger partial charge in [0, 0.05) is 80.6 Å². The van der Waals surface area contributed by atoms with Crippen molar-refractivity contribution in [2.75, 3.05) is 63.9 Å². The monoisotopic (exact) mass is 388 g/mol. The average molecular weight is 389 g/mol. The molecule has 0 spiro atoms. The number of pyridine rings is 1. The minimum atomic E-state index is 0.255. The zero-order valence-corrected chi connectivity index (χ0v) is 16.8. The Balaban J connectivity index is 1.48. The number of anilines is 1. The van der Waals surface area contributed by atoms with Gasteiger partial charge in [-0.3, -0.25) is 4.98 Å². The quantitative estimate of drug-likeness (QED) is 0.852. The zero-order chi connectivity index (χ0) is 18.8. The van der Waals surface area contributed by atoms with Crippen LogP contribution in [0.4, 0.5) is 5.69 Å². The zero-order valence-electron chi connectivity index (χ0n) is 16.0. The van der Waals surface area contributed by atoms with Crippen LogP contribution in [-0.4, -0.2) is 78.9 Å². The number of likely N-dealkylation sites (N-methyl/N-ethyl adjacent to an activating group) is 1. The number of aliphatic hydroxyl groups excluding tert-OH is 1. The van der Waals surface area contributed by atoms with Gasteiger partial charge in [0.1, 0.15) is 0 Å². The van der Waals surface area contributed by atoms with E-state index in [0.29, 0.717) is 16.9 Å². The Kier molecular flexibility index (Phi) is 5.83. The van der Waals surface area contributed by atoms with E-state index < -0.39 is 0 Å². The second-order valence-corrected chi connectivity index (χ2v) is 8.27. The molecule has 4 rings (SSSR count). The minimum absolute atomic E-state index is 0.255. The number of aromatic nitrogens is 1. The molecular formula is C21H29ClN4O. The predicted molar refractivity (Wildman–Crippen MR) is 112 cm³/mol. The number of benzene rings is 1. The molecule has 0 radical (unpaired) electrons. The molecule has 2 fully saturated rings. The van der Waals surface area contributed by atoms with Crippen molar-refractivity contribution < 1.29 is 5.11 Å². The van der Waals surface area contributed by atoms with Crippen molar-refractivity contribution >= 4 is 28.2 Å². The molecule has 27 heavy (non-hydrogen) atoms. The Hall–Kier alpha value is -1.40. The van der Waals surface area contributed by atoms with Crippen LogP contribution in [0.5, 0.6) is 0 Å². The summed E-state index contributed by atoms with van der Waals surface area (Å²) in [6, 6.07) is 8.00. The molecule has 0 bridgehead atoms. The number of halogens is 1. The minimum Gasteiger partial charge on any atom is -0.396 e. The number of hydrogen-bond acceptors (Lipinski definition) is 5. The van der Waals surface area contributed by atoms with Crippen LogP contribution < -0.4 is 4.90 Å². The molecule has 2 aliphatic heterocycles. The van der Waals surface area contributed by atoms with Gasteiger partial charge >= 0.3 is 0 Å². The highest BCUT2D eigenvalue weighted by molar-refractivity contribution is 6.31. The number of piperazine rings is 1. The molecular weight excluding hydrogens is 360 g/mol.